The SMILES string of the molecule is CCOC(=O)CC1(N(C)C)CCCC(C)(C)C1. The van der Waals surface area contributed by atoms with Crippen LogP contribution in [-0.4, -0.2) is 37.1 Å². The quantitative estimate of drug-likeness (QED) is 0.709. The lowest BCUT2D eigenvalue weighted by molar-refractivity contribution is -0.147. The number of carbonyl (C=O) groups is 1. The number of hydrogen-bond donors (Lipinski definition) is 0. The molecule has 0 N–H and O–H groups in total. The lowest BCUT2D eigenvalue weighted by Crippen LogP contribution is -2.51. The van der Waals surface area contributed by atoms with Crippen molar-refractivity contribution in [3.63, 3.8) is 0 Å². The van der Waals surface area contributed by atoms with Crippen molar-refractivity contribution in [2.45, 2.75) is 58.4 Å². The van der Waals surface area contributed by atoms with E-state index >= 15 is 0 Å². The molecule has 0 spiro atoms. The van der Waals surface area contributed by atoms with Gasteiger partial charge >= 0.3 is 5.97 Å². The molecule has 1 rings (SSSR count). The first-order valence-corrected chi connectivity index (χ1v) is 6.64. The van der Waals surface area contributed by atoms with E-state index in [2.05, 4.69) is 32.8 Å². The van der Waals surface area contributed by atoms with Crippen LogP contribution in [0.5, 0.6) is 0 Å². The van der Waals surface area contributed by atoms with Gasteiger partial charge in [0.05, 0.1) is 13.0 Å². The molecule has 100 valence electrons. The van der Waals surface area contributed by atoms with Gasteiger partial charge in [0.2, 0.25) is 0 Å². The summed E-state index contributed by atoms with van der Waals surface area (Å²) >= 11 is 0. The maximum atomic E-state index is 11.8. The van der Waals surface area contributed by atoms with Crippen molar-refractivity contribution in [3.05, 3.63) is 0 Å². The van der Waals surface area contributed by atoms with Crippen molar-refractivity contribution in [1.82, 2.24) is 4.90 Å². The van der Waals surface area contributed by atoms with Gasteiger partial charge in [-0.2, -0.15) is 0 Å². The Morgan fingerprint density at radius 3 is 2.41 bits per heavy atom. The highest BCUT2D eigenvalue weighted by atomic mass is 16.5. The summed E-state index contributed by atoms with van der Waals surface area (Å²) in [6, 6.07) is 0. The average Bonchev–Trinajstić information content (AvgIpc) is 2.15. The predicted molar refractivity (Wildman–Crippen MR) is 69.9 cm³/mol. The van der Waals surface area contributed by atoms with Gasteiger partial charge in [0, 0.05) is 5.54 Å². The third-order valence-electron chi connectivity index (χ3n) is 4.03. The van der Waals surface area contributed by atoms with Crippen molar-refractivity contribution in [1.29, 1.82) is 0 Å². The monoisotopic (exact) mass is 241 g/mol. The second-order valence-corrected chi connectivity index (χ2v) is 6.30. The summed E-state index contributed by atoms with van der Waals surface area (Å²) < 4.78 is 5.12. The molecule has 0 saturated heterocycles. The molecule has 3 heteroatoms. The van der Waals surface area contributed by atoms with Gasteiger partial charge in [-0.1, -0.05) is 20.3 Å². The first-order chi connectivity index (χ1) is 7.81. The number of esters is 1. The number of ether oxygens (including phenoxy) is 1. The molecule has 1 fully saturated rings. The summed E-state index contributed by atoms with van der Waals surface area (Å²) in [6.07, 6.45) is 5.15. The first-order valence-electron chi connectivity index (χ1n) is 6.64. The highest BCUT2D eigenvalue weighted by Crippen LogP contribution is 2.45. The van der Waals surface area contributed by atoms with Gasteiger partial charge in [0.25, 0.3) is 0 Å². The van der Waals surface area contributed by atoms with Crippen LogP contribution in [0.4, 0.5) is 0 Å². The van der Waals surface area contributed by atoms with Crippen molar-refractivity contribution in [2.75, 3.05) is 20.7 Å². The van der Waals surface area contributed by atoms with Crippen molar-refractivity contribution >= 4 is 5.97 Å². The Bertz CT molecular complexity index is 273. The molecule has 1 unspecified atom stereocenters. The van der Waals surface area contributed by atoms with E-state index in [-0.39, 0.29) is 11.5 Å². The van der Waals surface area contributed by atoms with Gasteiger partial charge in [0.1, 0.15) is 0 Å². The maximum absolute atomic E-state index is 11.8. The Morgan fingerprint density at radius 1 is 1.29 bits per heavy atom. The minimum atomic E-state index is -0.0566. The van der Waals surface area contributed by atoms with E-state index in [1.807, 2.05) is 6.92 Å². The predicted octanol–water partition coefficient (Wildman–Crippen LogP) is 2.84. The van der Waals surface area contributed by atoms with Gasteiger partial charge in [-0.25, -0.2) is 0 Å². The van der Waals surface area contributed by atoms with Crippen LogP contribution in [0.2, 0.25) is 0 Å². The molecule has 1 aliphatic rings. The zero-order valence-corrected chi connectivity index (χ0v) is 12.0. The van der Waals surface area contributed by atoms with Crippen LogP contribution < -0.4 is 0 Å². The number of rotatable bonds is 4. The standard InChI is InChI=1S/C14H27NO2/c1-6-17-12(16)10-14(15(4)5)9-7-8-13(2,3)11-14/h6-11H2,1-5H3. The largest absolute Gasteiger partial charge is 0.466 e. The van der Waals surface area contributed by atoms with Gasteiger partial charge in [-0.3, -0.25) is 4.79 Å². The normalized spacial score (nSPS) is 28.1. The Labute approximate surface area is 106 Å². The van der Waals surface area contributed by atoms with Gasteiger partial charge in [-0.15, -0.1) is 0 Å². The molecule has 0 aromatic carbocycles. The molecule has 0 amide bonds. The molecular weight excluding hydrogens is 214 g/mol. The zero-order valence-electron chi connectivity index (χ0n) is 12.0. The summed E-state index contributed by atoms with van der Waals surface area (Å²) in [5.41, 5.74) is 0.322. The summed E-state index contributed by atoms with van der Waals surface area (Å²) in [7, 11) is 4.17. The van der Waals surface area contributed by atoms with Gasteiger partial charge in [0.15, 0.2) is 0 Å². The second kappa shape index (κ2) is 5.38. The van der Waals surface area contributed by atoms with Crippen LogP contribution in [0.15, 0.2) is 0 Å². The molecule has 1 saturated carbocycles. The molecule has 0 aromatic heterocycles. The van der Waals surface area contributed by atoms with Crippen LogP contribution in [0.25, 0.3) is 0 Å². The topological polar surface area (TPSA) is 29.5 Å². The van der Waals surface area contributed by atoms with E-state index in [9.17, 15) is 4.79 Å². The smallest absolute Gasteiger partial charge is 0.307 e. The number of hydrogen-bond acceptors (Lipinski definition) is 3. The van der Waals surface area contributed by atoms with Crippen LogP contribution in [0.1, 0.15) is 52.9 Å². The fourth-order valence-electron chi connectivity index (χ4n) is 3.13. The van der Waals surface area contributed by atoms with Crippen LogP contribution in [0.3, 0.4) is 0 Å². The lowest BCUT2D eigenvalue weighted by atomic mass is 9.66. The molecule has 0 aliphatic heterocycles. The van der Waals surface area contributed by atoms with E-state index in [0.717, 1.165) is 12.8 Å². The van der Waals surface area contributed by atoms with Crippen molar-refractivity contribution < 1.29 is 9.53 Å². The Hall–Kier alpha value is -0.570. The molecule has 0 bridgehead atoms. The van der Waals surface area contributed by atoms with Crippen LogP contribution in [0, 0.1) is 5.41 Å². The summed E-state index contributed by atoms with van der Waals surface area (Å²) in [6.45, 7) is 6.95. The van der Waals surface area contributed by atoms with Crippen LogP contribution in [-0.2, 0) is 9.53 Å². The summed E-state index contributed by atoms with van der Waals surface area (Å²) in [4.78, 5) is 14.0. The average molecular weight is 241 g/mol. The minimum absolute atomic E-state index is 0.00595. The third kappa shape index (κ3) is 3.70. The lowest BCUT2D eigenvalue weighted by Gasteiger charge is -2.48. The molecular formula is C14H27NO2. The van der Waals surface area contributed by atoms with E-state index in [4.69, 9.17) is 4.74 Å². The molecule has 0 radical (unpaired) electrons. The molecule has 3 nitrogen and oxygen atoms in total. The van der Waals surface area contributed by atoms with Crippen molar-refractivity contribution in [2.24, 2.45) is 5.41 Å². The first kappa shape index (κ1) is 14.5. The fraction of sp³-hybridized carbons (Fsp3) is 0.929. The zero-order chi connectivity index (χ0) is 13.1. The van der Waals surface area contributed by atoms with E-state index in [1.165, 1.54) is 12.8 Å². The van der Waals surface area contributed by atoms with Gasteiger partial charge < -0.3 is 9.64 Å². The minimum Gasteiger partial charge on any atom is -0.466 e. The number of carbonyl (C=O) groups excluding carboxylic acids is 1. The summed E-state index contributed by atoms with van der Waals surface area (Å²) in [5, 5.41) is 0. The van der Waals surface area contributed by atoms with Crippen molar-refractivity contribution in [3.8, 4) is 0 Å². The molecule has 1 aliphatic carbocycles. The second-order valence-electron chi connectivity index (χ2n) is 6.30. The summed E-state index contributed by atoms with van der Waals surface area (Å²) in [5.74, 6) is -0.0566. The maximum Gasteiger partial charge on any atom is 0.307 e. The highest BCUT2D eigenvalue weighted by Gasteiger charge is 2.43. The molecule has 0 heterocycles. The molecule has 0 aromatic rings. The Balaban J connectivity index is 2.79. The van der Waals surface area contributed by atoms with E-state index < -0.39 is 0 Å². The Morgan fingerprint density at radius 2 is 1.94 bits per heavy atom. The highest BCUT2D eigenvalue weighted by molar-refractivity contribution is 5.71. The van der Waals surface area contributed by atoms with E-state index in [0.29, 0.717) is 18.4 Å². The van der Waals surface area contributed by atoms with E-state index in [1.54, 1.807) is 0 Å². The van der Waals surface area contributed by atoms with Crippen LogP contribution >= 0.6 is 0 Å². The Kier molecular flexibility index (Phi) is 4.59. The van der Waals surface area contributed by atoms with Gasteiger partial charge in [-0.05, 0) is 45.7 Å². The third-order valence-corrected chi connectivity index (χ3v) is 4.03. The number of nitrogens with zero attached hydrogens (tertiary/aromatic N) is 1. The molecule has 1 atom stereocenters. The fourth-order valence-corrected chi connectivity index (χ4v) is 3.13. The molecule has 17 heavy (non-hydrogen) atoms.